The Hall–Kier alpha value is -0.390. The molecule has 0 rings (SSSR count). The van der Waals surface area contributed by atoms with Crippen LogP contribution in [0.2, 0.25) is 0 Å². The van der Waals surface area contributed by atoms with E-state index >= 15 is 0 Å². The third kappa shape index (κ3) is 16.0. The van der Waals surface area contributed by atoms with Crippen LogP contribution in [0.1, 0.15) is 110 Å². The molecule has 0 heterocycles. The molecular formula is C24H50BrN3O. The monoisotopic (exact) mass is 475 g/mol. The van der Waals surface area contributed by atoms with Crippen LogP contribution in [0.5, 0.6) is 0 Å². The van der Waals surface area contributed by atoms with Gasteiger partial charge >= 0.3 is 0 Å². The SMILES string of the molecule is Br.CCCCCCCC/C=C\CCCCCCCC(=O)NC(CC)(NC)N(C)C. The summed E-state index contributed by atoms with van der Waals surface area (Å²) in [6, 6.07) is 0. The van der Waals surface area contributed by atoms with Crippen molar-refractivity contribution < 1.29 is 4.79 Å². The van der Waals surface area contributed by atoms with Gasteiger partial charge in [-0.15, -0.1) is 17.0 Å². The van der Waals surface area contributed by atoms with Gasteiger partial charge in [0.1, 0.15) is 5.79 Å². The minimum Gasteiger partial charge on any atom is -0.325 e. The van der Waals surface area contributed by atoms with E-state index in [1.54, 1.807) is 0 Å². The average molecular weight is 477 g/mol. The third-order valence-corrected chi connectivity index (χ3v) is 5.70. The Morgan fingerprint density at radius 2 is 1.31 bits per heavy atom. The van der Waals surface area contributed by atoms with E-state index in [0.717, 1.165) is 19.3 Å². The molecule has 0 aromatic carbocycles. The van der Waals surface area contributed by atoms with Gasteiger partial charge in [0.2, 0.25) is 5.91 Å². The van der Waals surface area contributed by atoms with E-state index in [1.807, 2.05) is 26.0 Å². The number of unbranched alkanes of at least 4 members (excludes halogenated alkanes) is 11. The van der Waals surface area contributed by atoms with E-state index < -0.39 is 5.79 Å². The highest BCUT2D eigenvalue weighted by molar-refractivity contribution is 8.93. The first-order valence-electron chi connectivity index (χ1n) is 11.8. The van der Waals surface area contributed by atoms with Crippen molar-refractivity contribution in [2.24, 2.45) is 0 Å². The number of amides is 1. The smallest absolute Gasteiger partial charge is 0.222 e. The topological polar surface area (TPSA) is 44.4 Å². The largest absolute Gasteiger partial charge is 0.325 e. The predicted molar refractivity (Wildman–Crippen MR) is 134 cm³/mol. The number of halogens is 1. The summed E-state index contributed by atoms with van der Waals surface area (Å²) < 4.78 is 0. The van der Waals surface area contributed by atoms with E-state index in [4.69, 9.17) is 0 Å². The average Bonchev–Trinajstić information content (AvgIpc) is 2.68. The van der Waals surface area contributed by atoms with Crippen LogP contribution >= 0.6 is 17.0 Å². The molecule has 0 bridgehead atoms. The van der Waals surface area contributed by atoms with Crippen LogP contribution in [-0.2, 0) is 4.79 Å². The van der Waals surface area contributed by atoms with Gasteiger partial charge in [-0.2, -0.15) is 0 Å². The second-order valence-electron chi connectivity index (χ2n) is 8.24. The Kier molecular flexibility index (Phi) is 22.2. The van der Waals surface area contributed by atoms with Crippen LogP contribution in [-0.4, -0.2) is 37.7 Å². The molecule has 4 nitrogen and oxygen atoms in total. The maximum Gasteiger partial charge on any atom is 0.222 e. The number of nitrogens with zero attached hydrogens (tertiary/aromatic N) is 1. The molecule has 0 aromatic heterocycles. The van der Waals surface area contributed by atoms with Gasteiger partial charge in [0.15, 0.2) is 0 Å². The number of hydrogen-bond donors (Lipinski definition) is 2. The van der Waals surface area contributed by atoms with Gasteiger partial charge in [0, 0.05) is 6.42 Å². The van der Waals surface area contributed by atoms with Crippen LogP contribution < -0.4 is 10.6 Å². The lowest BCUT2D eigenvalue weighted by Gasteiger charge is -2.39. The van der Waals surface area contributed by atoms with Crippen molar-refractivity contribution in [2.75, 3.05) is 21.1 Å². The lowest BCUT2D eigenvalue weighted by Crippen LogP contribution is -2.65. The van der Waals surface area contributed by atoms with Crippen LogP contribution in [0.4, 0.5) is 0 Å². The van der Waals surface area contributed by atoms with E-state index in [-0.39, 0.29) is 22.9 Å². The van der Waals surface area contributed by atoms with Gasteiger partial charge in [0.05, 0.1) is 0 Å². The van der Waals surface area contributed by atoms with Crippen molar-refractivity contribution in [2.45, 2.75) is 116 Å². The zero-order valence-corrected chi connectivity index (χ0v) is 21.7. The minimum atomic E-state index is -0.432. The molecule has 1 amide bonds. The standard InChI is InChI=1S/C24H49N3O.BrH/c1-6-8-9-10-11-12-13-14-15-16-17-18-19-20-21-22-23(28)26-24(7-2,25-3)27(4)5;/h14-15,25H,6-13,16-22H2,1-5H3,(H,26,28);1H/b15-14-;. The quantitative estimate of drug-likeness (QED) is 0.126. The van der Waals surface area contributed by atoms with Crippen LogP contribution in [0.3, 0.4) is 0 Å². The molecular weight excluding hydrogens is 426 g/mol. The van der Waals surface area contributed by atoms with Gasteiger partial charge in [-0.25, -0.2) is 0 Å². The molecule has 0 aliphatic rings. The molecule has 2 N–H and O–H groups in total. The van der Waals surface area contributed by atoms with Crippen molar-refractivity contribution in [1.82, 2.24) is 15.5 Å². The zero-order valence-electron chi connectivity index (χ0n) is 20.0. The Bertz CT molecular complexity index is 396. The minimum absolute atomic E-state index is 0. The van der Waals surface area contributed by atoms with E-state index in [9.17, 15) is 4.79 Å². The molecule has 0 aliphatic heterocycles. The van der Waals surface area contributed by atoms with E-state index in [1.165, 1.54) is 70.6 Å². The molecule has 0 radical (unpaired) electrons. The van der Waals surface area contributed by atoms with Crippen LogP contribution in [0.15, 0.2) is 12.2 Å². The number of hydrogen-bond acceptors (Lipinski definition) is 3. The normalized spacial score (nSPS) is 13.4. The molecule has 0 aromatic rings. The van der Waals surface area contributed by atoms with Crippen LogP contribution in [0, 0.1) is 0 Å². The summed E-state index contributed by atoms with van der Waals surface area (Å²) in [6.07, 6.45) is 22.8. The first-order valence-corrected chi connectivity index (χ1v) is 11.8. The lowest BCUT2D eigenvalue weighted by atomic mass is 10.1. The zero-order chi connectivity index (χ0) is 21.1. The molecule has 1 atom stereocenters. The van der Waals surface area contributed by atoms with Crippen molar-refractivity contribution in [1.29, 1.82) is 0 Å². The first-order chi connectivity index (χ1) is 13.5. The van der Waals surface area contributed by atoms with Crippen molar-refractivity contribution >= 4 is 22.9 Å². The fourth-order valence-electron chi connectivity index (χ4n) is 3.63. The molecule has 0 fully saturated rings. The second kappa shape index (κ2) is 20.9. The summed E-state index contributed by atoms with van der Waals surface area (Å²) in [5.74, 6) is -0.290. The van der Waals surface area contributed by atoms with Gasteiger partial charge in [-0.1, -0.05) is 77.4 Å². The number of carbonyl (C=O) groups is 1. The molecule has 5 heteroatoms. The lowest BCUT2D eigenvalue weighted by molar-refractivity contribution is -0.126. The third-order valence-electron chi connectivity index (χ3n) is 5.70. The number of allylic oxidation sites excluding steroid dienone is 2. The first kappa shape index (κ1) is 30.8. The highest BCUT2D eigenvalue weighted by atomic mass is 79.9. The maximum atomic E-state index is 12.2. The summed E-state index contributed by atoms with van der Waals surface area (Å²) in [7, 11) is 5.87. The fraction of sp³-hybridized carbons (Fsp3) is 0.875. The van der Waals surface area contributed by atoms with Crippen LogP contribution in [0.25, 0.3) is 0 Å². The summed E-state index contributed by atoms with van der Waals surface area (Å²) in [5, 5.41) is 6.38. The van der Waals surface area contributed by atoms with Crippen molar-refractivity contribution in [3.05, 3.63) is 12.2 Å². The fourth-order valence-corrected chi connectivity index (χ4v) is 3.63. The Morgan fingerprint density at radius 1 is 0.828 bits per heavy atom. The number of rotatable bonds is 19. The highest BCUT2D eigenvalue weighted by Gasteiger charge is 2.29. The second-order valence-corrected chi connectivity index (χ2v) is 8.24. The molecule has 0 saturated heterocycles. The van der Waals surface area contributed by atoms with Gasteiger partial charge in [-0.3, -0.25) is 15.0 Å². The molecule has 1 unspecified atom stereocenters. The van der Waals surface area contributed by atoms with Crippen molar-refractivity contribution in [3.63, 3.8) is 0 Å². The van der Waals surface area contributed by atoms with Gasteiger partial charge in [-0.05, 0) is 59.7 Å². The molecule has 0 spiro atoms. The maximum absolute atomic E-state index is 12.2. The molecule has 0 aliphatic carbocycles. The number of nitrogens with one attached hydrogen (secondary N) is 2. The molecule has 29 heavy (non-hydrogen) atoms. The van der Waals surface area contributed by atoms with Gasteiger partial charge < -0.3 is 5.32 Å². The summed E-state index contributed by atoms with van der Waals surface area (Å²) >= 11 is 0. The van der Waals surface area contributed by atoms with E-state index in [2.05, 4.69) is 36.6 Å². The predicted octanol–water partition coefficient (Wildman–Crippen LogP) is 6.56. The summed E-state index contributed by atoms with van der Waals surface area (Å²) in [5.41, 5.74) is 0. The summed E-state index contributed by atoms with van der Waals surface area (Å²) in [4.78, 5) is 14.3. The molecule has 174 valence electrons. The molecule has 0 saturated carbocycles. The van der Waals surface area contributed by atoms with Crippen molar-refractivity contribution in [3.8, 4) is 0 Å². The highest BCUT2D eigenvalue weighted by Crippen LogP contribution is 2.12. The van der Waals surface area contributed by atoms with E-state index in [0.29, 0.717) is 6.42 Å². The summed E-state index contributed by atoms with van der Waals surface area (Å²) in [6.45, 7) is 4.35. The number of carbonyl (C=O) groups excluding carboxylic acids is 1. The Labute approximate surface area is 192 Å². The Morgan fingerprint density at radius 3 is 1.76 bits per heavy atom. The Balaban J connectivity index is 0. The van der Waals surface area contributed by atoms with Gasteiger partial charge in [0.25, 0.3) is 0 Å².